The molecule has 3 rings (SSSR count). The first-order valence-electron chi connectivity index (χ1n) is 8.05. The Kier molecular flexibility index (Phi) is 5.08. The molecule has 7 heteroatoms. The molecule has 2 atom stereocenters. The Hall–Kier alpha value is -2.02. The molecule has 0 spiro atoms. The summed E-state index contributed by atoms with van der Waals surface area (Å²) >= 11 is 1.36. The van der Waals surface area contributed by atoms with Crippen LogP contribution in [0.1, 0.15) is 35.2 Å². The first-order chi connectivity index (χ1) is 11.5. The van der Waals surface area contributed by atoms with Gasteiger partial charge in [0.2, 0.25) is 5.91 Å². The van der Waals surface area contributed by atoms with Crippen LogP contribution in [0.2, 0.25) is 0 Å². The molecular formula is C17H20N2O4S. The van der Waals surface area contributed by atoms with Crippen molar-refractivity contribution in [3.63, 3.8) is 0 Å². The molecule has 0 radical (unpaired) electrons. The van der Waals surface area contributed by atoms with Gasteiger partial charge in [-0.2, -0.15) is 0 Å². The number of carbonyl (C=O) groups is 3. The van der Waals surface area contributed by atoms with Gasteiger partial charge in [0.1, 0.15) is 5.25 Å². The maximum atomic E-state index is 12.3. The Morgan fingerprint density at radius 3 is 2.62 bits per heavy atom. The van der Waals surface area contributed by atoms with Crippen LogP contribution in [0.4, 0.5) is 0 Å². The standard InChI is InChI=1S/C17H20N2O4S/c20-15-2-1-7-19(15)9-11-3-5-12(6-4-11)16(21)18-13-8-14(17(22)23)24-10-13/h3-6,13-14H,1-2,7-10H2,(H,18,21)(H,22,23)/t13-,14-/m0/s1. The monoisotopic (exact) mass is 348 g/mol. The first-order valence-corrected chi connectivity index (χ1v) is 9.10. The van der Waals surface area contributed by atoms with E-state index in [2.05, 4.69) is 5.32 Å². The predicted molar refractivity (Wildman–Crippen MR) is 90.8 cm³/mol. The molecule has 2 fully saturated rings. The molecule has 1 aromatic rings. The first kappa shape index (κ1) is 16.8. The second-order valence-electron chi connectivity index (χ2n) is 6.18. The second-order valence-corrected chi connectivity index (χ2v) is 7.42. The molecule has 0 saturated carbocycles. The molecule has 6 nitrogen and oxygen atoms in total. The number of carboxylic acid groups (broad SMARTS) is 1. The van der Waals surface area contributed by atoms with Crippen LogP contribution in [0, 0.1) is 0 Å². The fourth-order valence-corrected chi connectivity index (χ4v) is 4.22. The molecule has 1 aromatic carbocycles. The maximum Gasteiger partial charge on any atom is 0.316 e. The molecule has 2 N–H and O–H groups in total. The lowest BCUT2D eigenvalue weighted by molar-refractivity contribution is -0.136. The summed E-state index contributed by atoms with van der Waals surface area (Å²) < 4.78 is 0. The summed E-state index contributed by atoms with van der Waals surface area (Å²) in [6.07, 6.45) is 1.99. The third-order valence-corrected chi connectivity index (χ3v) is 5.76. The minimum absolute atomic E-state index is 0.106. The number of amides is 2. The SMILES string of the molecule is O=C(N[C@@H]1CS[C@H](C(=O)O)C1)c1ccc(CN2CCCC2=O)cc1. The highest BCUT2D eigenvalue weighted by Crippen LogP contribution is 2.27. The van der Waals surface area contributed by atoms with Crippen LogP contribution in [-0.4, -0.2) is 51.4 Å². The van der Waals surface area contributed by atoms with Crippen LogP contribution in [0.5, 0.6) is 0 Å². The van der Waals surface area contributed by atoms with E-state index in [1.54, 1.807) is 12.1 Å². The molecule has 0 unspecified atom stereocenters. The number of carbonyl (C=O) groups excluding carboxylic acids is 2. The summed E-state index contributed by atoms with van der Waals surface area (Å²) in [5.41, 5.74) is 1.56. The summed E-state index contributed by atoms with van der Waals surface area (Å²) in [5.74, 6) is -0.200. The highest BCUT2D eigenvalue weighted by Gasteiger charge is 2.31. The maximum absolute atomic E-state index is 12.3. The van der Waals surface area contributed by atoms with Crippen molar-refractivity contribution in [2.24, 2.45) is 0 Å². The number of carboxylic acids is 1. The molecule has 2 saturated heterocycles. The van der Waals surface area contributed by atoms with Crippen molar-refractivity contribution in [1.29, 1.82) is 0 Å². The second kappa shape index (κ2) is 7.25. The highest BCUT2D eigenvalue weighted by molar-refractivity contribution is 8.00. The zero-order valence-corrected chi connectivity index (χ0v) is 14.1. The van der Waals surface area contributed by atoms with Gasteiger partial charge in [-0.05, 0) is 30.5 Å². The van der Waals surface area contributed by atoms with E-state index in [1.165, 1.54) is 11.8 Å². The lowest BCUT2D eigenvalue weighted by Crippen LogP contribution is -2.35. The summed E-state index contributed by atoms with van der Waals surface area (Å²) in [6, 6.07) is 7.13. The molecule has 2 aliphatic heterocycles. The van der Waals surface area contributed by atoms with Crippen LogP contribution in [-0.2, 0) is 16.1 Å². The highest BCUT2D eigenvalue weighted by atomic mass is 32.2. The van der Waals surface area contributed by atoms with Gasteiger partial charge in [0, 0.05) is 36.9 Å². The Morgan fingerprint density at radius 1 is 1.29 bits per heavy atom. The zero-order chi connectivity index (χ0) is 17.1. The average Bonchev–Trinajstić information content (AvgIpc) is 3.18. The van der Waals surface area contributed by atoms with E-state index in [9.17, 15) is 14.4 Å². The number of rotatable bonds is 5. The number of hydrogen-bond acceptors (Lipinski definition) is 4. The molecule has 0 aliphatic carbocycles. The largest absolute Gasteiger partial charge is 0.480 e. The third kappa shape index (κ3) is 3.90. The Balaban J connectivity index is 1.54. The zero-order valence-electron chi connectivity index (χ0n) is 13.2. The number of hydrogen-bond donors (Lipinski definition) is 2. The van der Waals surface area contributed by atoms with Crippen molar-refractivity contribution in [2.75, 3.05) is 12.3 Å². The van der Waals surface area contributed by atoms with E-state index in [0.29, 0.717) is 30.7 Å². The quantitative estimate of drug-likeness (QED) is 0.842. The van der Waals surface area contributed by atoms with Gasteiger partial charge in [-0.3, -0.25) is 14.4 Å². The van der Waals surface area contributed by atoms with Crippen LogP contribution in [0.3, 0.4) is 0 Å². The van der Waals surface area contributed by atoms with E-state index in [4.69, 9.17) is 5.11 Å². The normalized spacial score (nSPS) is 23.5. The van der Waals surface area contributed by atoms with E-state index in [1.807, 2.05) is 17.0 Å². The number of nitrogens with one attached hydrogen (secondary N) is 1. The van der Waals surface area contributed by atoms with Gasteiger partial charge in [0.25, 0.3) is 5.91 Å². The fourth-order valence-electron chi connectivity index (χ4n) is 3.02. The Bertz CT molecular complexity index is 646. The number of nitrogens with zero attached hydrogens (tertiary/aromatic N) is 1. The van der Waals surface area contributed by atoms with Crippen LogP contribution in [0.25, 0.3) is 0 Å². The topological polar surface area (TPSA) is 86.7 Å². The van der Waals surface area contributed by atoms with Crippen molar-refractivity contribution < 1.29 is 19.5 Å². The molecule has 0 aromatic heterocycles. The van der Waals surface area contributed by atoms with Crippen LogP contribution < -0.4 is 5.32 Å². The average molecular weight is 348 g/mol. The van der Waals surface area contributed by atoms with Gasteiger partial charge in [-0.1, -0.05) is 12.1 Å². The van der Waals surface area contributed by atoms with Gasteiger partial charge in [-0.15, -0.1) is 11.8 Å². The number of thioether (sulfide) groups is 1. The molecule has 2 heterocycles. The van der Waals surface area contributed by atoms with Crippen molar-refractivity contribution in [3.05, 3.63) is 35.4 Å². The van der Waals surface area contributed by atoms with Gasteiger partial charge >= 0.3 is 5.97 Å². The van der Waals surface area contributed by atoms with Crippen molar-refractivity contribution in [3.8, 4) is 0 Å². The number of benzene rings is 1. The van der Waals surface area contributed by atoms with E-state index in [-0.39, 0.29) is 17.9 Å². The third-order valence-electron chi connectivity index (χ3n) is 4.37. The minimum Gasteiger partial charge on any atom is -0.480 e. The molecular weight excluding hydrogens is 328 g/mol. The van der Waals surface area contributed by atoms with E-state index < -0.39 is 11.2 Å². The minimum atomic E-state index is -0.822. The van der Waals surface area contributed by atoms with Crippen LogP contribution in [0.15, 0.2) is 24.3 Å². The van der Waals surface area contributed by atoms with Crippen molar-refractivity contribution in [2.45, 2.75) is 37.1 Å². The lowest BCUT2D eigenvalue weighted by Gasteiger charge is -2.16. The summed E-state index contributed by atoms with van der Waals surface area (Å²) in [6.45, 7) is 1.38. The van der Waals surface area contributed by atoms with Gasteiger partial charge in [0.15, 0.2) is 0 Å². The molecule has 24 heavy (non-hydrogen) atoms. The molecule has 128 valence electrons. The van der Waals surface area contributed by atoms with Crippen LogP contribution >= 0.6 is 11.8 Å². The summed E-state index contributed by atoms with van der Waals surface area (Å²) in [7, 11) is 0. The van der Waals surface area contributed by atoms with Gasteiger partial charge in [-0.25, -0.2) is 0 Å². The fraction of sp³-hybridized carbons (Fsp3) is 0.471. The number of aliphatic carboxylic acids is 1. The van der Waals surface area contributed by atoms with Gasteiger partial charge in [0.05, 0.1) is 0 Å². The summed E-state index contributed by atoms with van der Waals surface area (Å²) in [4.78, 5) is 36.7. The van der Waals surface area contributed by atoms with Crippen molar-refractivity contribution in [1.82, 2.24) is 10.2 Å². The van der Waals surface area contributed by atoms with Crippen molar-refractivity contribution >= 4 is 29.5 Å². The smallest absolute Gasteiger partial charge is 0.316 e. The predicted octanol–water partition coefficient (Wildman–Crippen LogP) is 1.50. The Morgan fingerprint density at radius 2 is 2.04 bits per heavy atom. The van der Waals surface area contributed by atoms with E-state index >= 15 is 0 Å². The molecule has 2 aliphatic rings. The Labute approximate surface area is 144 Å². The molecule has 0 bridgehead atoms. The van der Waals surface area contributed by atoms with E-state index in [0.717, 1.165) is 18.5 Å². The summed E-state index contributed by atoms with van der Waals surface area (Å²) in [5, 5.41) is 11.4. The van der Waals surface area contributed by atoms with Gasteiger partial charge < -0.3 is 15.3 Å². The lowest BCUT2D eigenvalue weighted by atomic mass is 10.1. The molecule has 2 amide bonds. The number of likely N-dealkylation sites (tertiary alicyclic amines) is 1.